The lowest BCUT2D eigenvalue weighted by atomic mass is 10.3. The molecule has 0 spiro atoms. The molecular formula is C23H22N4O4S. The number of nitrogens with zero attached hydrogens (tertiary/aromatic N) is 2. The molecule has 2 amide bonds. The number of urea groups is 1. The van der Waals surface area contributed by atoms with Gasteiger partial charge >= 0.3 is 6.03 Å². The maximum Gasteiger partial charge on any atom is 0.323 e. The highest BCUT2D eigenvalue weighted by Crippen LogP contribution is 2.30. The monoisotopic (exact) mass is 450 g/mol. The van der Waals surface area contributed by atoms with E-state index in [0.717, 1.165) is 4.90 Å². The fourth-order valence-electron chi connectivity index (χ4n) is 3.12. The maximum absolute atomic E-state index is 12.6. The number of benzene rings is 2. The minimum absolute atomic E-state index is 0.266. The molecular weight excluding hydrogens is 428 g/mol. The normalized spacial score (nSPS) is 10.8. The number of amides is 2. The Morgan fingerprint density at radius 3 is 2.62 bits per heavy atom. The van der Waals surface area contributed by atoms with E-state index in [1.54, 1.807) is 25.1 Å². The number of rotatable bonds is 7. The van der Waals surface area contributed by atoms with Gasteiger partial charge in [-0.1, -0.05) is 24.3 Å². The van der Waals surface area contributed by atoms with Gasteiger partial charge in [0.2, 0.25) is 0 Å². The Labute approximate surface area is 188 Å². The highest BCUT2D eigenvalue weighted by Gasteiger charge is 2.12. The van der Waals surface area contributed by atoms with Gasteiger partial charge in [0, 0.05) is 22.8 Å². The van der Waals surface area contributed by atoms with Gasteiger partial charge in [-0.2, -0.15) is 0 Å². The van der Waals surface area contributed by atoms with Gasteiger partial charge in [0.05, 0.1) is 23.7 Å². The predicted molar refractivity (Wildman–Crippen MR) is 125 cm³/mol. The number of aryl methyl sites for hydroxylation is 1. The first kappa shape index (κ1) is 21.5. The summed E-state index contributed by atoms with van der Waals surface area (Å²) in [6.07, 6.45) is 0. The van der Waals surface area contributed by atoms with E-state index in [1.807, 2.05) is 43.3 Å². The van der Waals surface area contributed by atoms with Crippen molar-refractivity contribution in [3.05, 3.63) is 82.5 Å². The van der Waals surface area contributed by atoms with Gasteiger partial charge in [0.15, 0.2) is 5.65 Å². The number of carbonyl (C=O) groups excluding carboxylic acids is 1. The maximum atomic E-state index is 12.6. The summed E-state index contributed by atoms with van der Waals surface area (Å²) in [5.41, 5.74) is 2.08. The molecule has 0 atom stereocenters. The zero-order chi connectivity index (χ0) is 22.5. The van der Waals surface area contributed by atoms with Crippen molar-refractivity contribution in [3.63, 3.8) is 0 Å². The number of para-hydroxylation sites is 3. The van der Waals surface area contributed by atoms with Crippen LogP contribution in [-0.4, -0.2) is 22.2 Å². The van der Waals surface area contributed by atoms with E-state index in [0.29, 0.717) is 46.6 Å². The van der Waals surface area contributed by atoms with Gasteiger partial charge < -0.3 is 19.9 Å². The second-order valence-electron chi connectivity index (χ2n) is 6.88. The molecule has 164 valence electrons. The van der Waals surface area contributed by atoms with Crippen LogP contribution in [0.25, 0.3) is 5.65 Å². The van der Waals surface area contributed by atoms with Crippen LogP contribution in [0.2, 0.25) is 0 Å². The van der Waals surface area contributed by atoms with Crippen LogP contribution in [0.15, 0.2) is 74.9 Å². The highest BCUT2D eigenvalue weighted by molar-refractivity contribution is 7.98. The lowest BCUT2D eigenvalue weighted by molar-refractivity contribution is 0.262. The minimum atomic E-state index is -0.378. The molecule has 0 bridgehead atoms. The highest BCUT2D eigenvalue weighted by atomic mass is 32.2. The first-order valence-corrected chi connectivity index (χ1v) is 11.0. The molecule has 9 heteroatoms. The van der Waals surface area contributed by atoms with E-state index in [-0.39, 0.29) is 11.6 Å². The number of nitrogens with one attached hydrogen (secondary N) is 2. The summed E-state index contributed by atoms with van der Waals surface area (Å²) >= 11 is 1.48. The second kappa shape index (κ2) is 9.61. The summed E-state index contributed by atoms with van der Waals surface area (Å²) < 4.78 is 12.0. The van der Waals surface area contributed by atoms with Crippen LogP contribution in [-0.2, 0) is 5.75 Å². The van der Waals surface area contributed by atoms with E-state index >= 15 is 0 Å². The van der Waals surface area contributed by atoms with Crippen LogP contribution in [0.5, 0.6) is 5.75 Å². The van der Waals surface area contributed by atoms with E-state index in [2.05, 4.69) is 15.6 Å². The van der Waals surface area contributed by atoms with Crippen LogP contribution in [0, 0.1) is 6.92 Å². The van der Waals surface area contributed by atoms with Crippen molar-refractivity contribution >= 4 is 34.8 Å². The van der Waals surface area contributed by atoms with Crippen molar-refractivity contribution in [2.75, 3.05) is 17.2 Å². The molecule has 4 aromatic rings. The molecule has 2 N–H and O–H groups in total. The van der Waals surface area contributed by atoms with Crippen molar-refractivity contribution in [2.24, 2.45) is 0 Å². The zero-order valence-electron chi connectivity index (χ0n) is 17.6. The van der Waals surface area contributed by atoms with Crippen LogP contribution in [0.3, 0.4) is 0 Å². The largest absolute Gasteiger partial charge is 0.492 e. The molecule has 0 unspecified atom stereocenters. The first-order valence-electron chi connectivity index (χ1n) is 10.0. The van der Waals surface area contributed by atoms with E-state index in [4.69, 9.17) is 9.26 Å². The first-order chi connectivity index (χ1) is 15.5. The Morgan fingerprint density at radius 2 is 1.81 bits per heavy atom. The van der Waals surface area contributed by atoms with Crippen molar-refractivity contribution in [1.82, 2.24) is 9.56 Å². The SMILES string of the molecule is CCOc1ccccc1NC(=O)Nc1ccccc1SCc1cc(=O)n2oc(C)cc2n1. The standard InChI is InChI=1S/C23H22N4O4S/c1-3-30-19-10-6-4-8-17(19)25-23(29)26-18-9-5-7-11-20(18)32-14-16-13-22(28)27-21(24-16)12-15(2)31-27/h4-13H,3,14H2,1-2H3,(H2,25,26,29). The zero-order valence-corrected chi connectivity index (χ0v) is 18.4. The van der Waals surface area contributed by atoms with E-state index < -0.39 is 0 Å². The second-order valence-corrected chi connectivity index (χ2v) is 7.89. The predicted octanol–water partition coefficient (Wildman–Crippen LogP) is 4.93. The number of hydrogen-bond acceptors (Lipinski definition) is 6. The van der Waals surface area contributed by atoms with Gasteiger partial charge in [-0.05, 0) is 38.1 Å². The smallest absolute Gasteiger partial charge is 0.323 e. The molecule has 2 aromatic heterocycles. The Morgan fingerprint density at radius 1 is 1.09 bits per heavy atom. The molecule has 4 rings (SSSR count). The number of aromatic nitrogens is 2. The van der Waals surface area contributed by atoms with Crippen LogP contribution in [0.1, 0.15) is 18.4 Å². The van der Waals surface area contributed by atoms with Gasteiger partial charge in [-0.25, -0.2) is 9.78 Å². The molecule has 0 aliphatic rings. The van der Waals surface area contributed by atoms with Crippen molar-refractivity contribution < 1.29 is 14.1 Å². The summed E-state index contributed by atoms with van der Waals surface area (Å²) in [5, 5.41) is 5.70. The van der Waals surface area contributed by atoms with Crippen LogP contribution < -0.4 is 20.9 Å². The lowest BCUT2D eigenvalue weighted by Gasteiger charge is -2.14. The third-order valence-corrected chi connectivity index (χ3v) is 5.58. The van der Waals surface area contributed by atoms with Gasteiger partial charge in [-0.3, -0.25) is 4.79 Å². The van der Waals surface area contributed by atoms with Gasteiger partial charge in [0.1, 0.15) is 11.5 Å². The van der Waals surface area contributed by atoms with Crippen LogP contribution in [0.4, 0.5) is 16.2 Å². The van der Waals surface area contributed by atoms with E-state index in [1.165, 1.54) is 22.4 Å². The summed E-state index contributed by atoms with van der Waals surface area (Å²) in [4.78, 5) is 30.2. The summed E-state index contributed by atoms with van der Waals surface area (Å²) in [7, 11) is 0. The number of thioether (sulfide) groups is 1. The number of hydrogen-bond donors (Lipinski definition) is 2. The average Bonchev–Trinajstić information content (AvgIpc) is 3.15. The molecule has 32 heavy (non-hydrogen) atoms. The molecule has 0 fully saturated rings. The summed E-state index contributed by atoms with van der Waals surface area (Å²) in [5.74, 6) is 1.68. The third-order valence-electron chi connectivity index (χ3n) is 4.47. The Balaban J connectivity index is 1.46. The molecule has 0 aliphatic carbocycles. The van der Waals surface area contributed by atoms with E-state index in [9.17, 15) is 9.59 Å². The van der Waals surface area contributed by atoms with Gasteiger partial charge in [-0.15, -0.1) is 16.3 Å². The topological polar surface area (TPSA) is 97.9 Å². The van der Waals surface area contributed by atoms with Gasteiger partial charge in [0.25, 0.3) is 5.56 Å². The fraction of sp³-hybridized carbons (Fsp3) is 0.174. The fourth-order valence-corrected chi connectivity index (χ4v) is 4.02. The van der Waals surface area contributed by atoms with Crippen molar-refractivity contribution in [2.45, 2.75) is 24.5 Å². The van der Waals surface area contributed by atoms with Crippen molar-refractivity contribution in [3.8, 4) is 5.75 Å². The number of fused-ring (bicyclic) bond motifs is 1. The molecule has 8 nitrogen and oxygen atoms in total. The van der Waals surface area contributed by atoms with Crippen LogP contribution >= 0.6 is 11.8 Å². The Kier molecular flexibility index (Phi) is 6.46. The molecule has 2 aromatic carbocycles. The minimum Gasteiger partial charge on any atom is -0.492 e. The quantitative estimate of drug-likeness (QED) is 0.388. The third kappa shape index (κ3) is 4.94. The number of anilines is 2. The molecule has 0 saturated carbocycles. The molecule has 2 heterocycles. The molecule has 0 saturated heterocycles. The molecule has 0 aliphatic heterocycles. The average molecular weight is 451 g/mol. The Hall–Kier alpha value is -3.72. The summed E-state index contributed by atoms with van der Waals surface area (Å²) in [6.45, 7) is 4.16. The Bertz CT molecular complexity index is 1310. The number of carbonyl (C=O) groups is 1. The van der Waals surface area contributed by atoms with Crippen molar-refractivity contribution in [1.29, 1.82) is 0 Å². The summed E-state index contributed by atoms with van der Waals surface area (Å²) in [6, 6.07) is 17.5. The number of ether oxygens (including phenoxy) is 1. The molecule has 0 radical (unpaired) electrons. The lowest BCUT2D eigenvalue weighted by Crippen LogP contribution is -2.20.